The van der Waals surface area contributed by atoms with Crippen molar-refractivity contribution in [2.45, 2.75) is 0 Å². The molecule has 0 aliphatic rings. The van der Waals surface area contributed by atoms with E-state index in [0.717, 1.165) is 22.8 Å². The van der Waals surface area contributed by atoms with E-state index in [1.54, 1.807) is 7.05 Å². The highest BCUT2D eigenvalue weighted by Gasteiger charge is 2.06. The van der Waals surface area contributed by atoms with Crippen molar-refractivity contribution >= 4 is 29.1 Å². The highest BCUT2D eigenvalue weighted by Crippen LogP contribution is 2.24. The molecule has 0 saturated carbocycles. The van der Waals surface area contributed by atoms with Crippen molar-refractivity contribution in [3.8, 4) is 11.3 Å². The Labute approximate surface area is 134 Å². The fourth-order valence-corrected chi connectivity index (χ4v) is 2.19. The predicted octanol–water partition coefficient (Wildman–Crippen LogP) is 4.58. The Morgan fingerprint density at radius 3 is 2.32 bits per heavy atom. The van der Waals surface area contributed by atoms with E-state index in [1.807, 2.05) is 60.7 Å². The van der Waals surface area contributed by atoms with E-state index in [9.17, 15) is 0 Å². The van der Waals surface area contributed by atoms with Gasteiger partial charge in [-0.05, 0) is 24.3 Å². The predicted molar refractivity (Wildman–Crippen MR) is 91.7 cm³/mol. The van der Waals surface area contributed by atoms with Gasteiger partial charge in [0.25, 0.3) is 0 Å². The minimum absolute atomic E-state index is 0.567. The Balaban J connectivity index is 1.95. The van der Waals surface area contributed by atoms with Gasteiger partial charge >= 0.3 is 0 Å². The van der Waals surface area contributed by atoms with Crippen LogP contribution in [0.3, 0.4) is 0 Å². The largest absolute Gasteiger partial charge is 0.357 e. The topological polar surface area (TPSA) is 49.8 Å². The van der Waals surface area contributed by atoms with Crippen molar-refractivity contribution in [3.05, 3.63) is 65.7 Å². The lowest BCUT2D eigenvalue weighted by Gasteiger charge is -2.10. The van der Waals surface area contributed by atoms with Crippen LogP contribution in [0.1, 0.15) is 0 Å². The van der Waals surface area contributed by atoms with E-state index in [2.05, 4.69) is 20.6 Å². The van der Waals surface area contributed by atoms with Gasteiger partial charge in [0.15, 0.2) is 0 Å². The van der Waals surface area contributed by atoms with Gasteiger partial charge < -0.3 is 10.6 Å². The van der Waals surface area contributed by atoms with Crippen LogP contribution in [0.2, 0.25) is 5.02 Å². The third-order valence-corrected chi connectivity index (χ3v) is 3.39. The number of rotatable bonds is 4. The molecule has 0 atom stereocenters. The second kappa shape index (κ2) is 6.45. The molecule has 22 heavy (non-hydrogen) atoms. The number of benzene rings is 2. The molecule has 110 valence electrons. The van der Waals surface area contributed by atoms with Crippen molar-refractivity contribution in [3.63, 3.8) is 0 Å². The molecule has 0 aliphatic carbocycles. The molecule has 0 saturated heterocycles. The van der Waals surface area contributed by atoms with Crippen molar-refractivity contribution in [2.24, 2.45) is 0 Å². The average molecular weight is 311 g/mol. The Morgan fingerprint density at radius 1 is 0.909 bits per heavy atom. The molecule has 1 aromatic heterocycles. The fourth-order valence-electron chi connectivity index (χ4n) is 2.06. The zero-order chi connectivity index (χ0) is 15.4. The molecule has 3 aromatic rings. The highest BCUT2D eigenvalue weighted by atomic mass is 35.5. The lowest BCUT2D eigenvalue weighted by atomic mass is 10.1. The summed E-state index contributed by atoms with van der Waals surface area (Å²) in [5.74, 6) is 1.29. The van der Waals surface area contributed by atoms with E-state index in [1.165, 1.54) is 0 Å². The first kappa shape index (κ1) is 14.4. The molecule has 2 aromatic carbocycles. The molecule has 0 bridgehead atoms. The number of hydrogen-bond acceptors (Lipinski definition) is 4. The molecule has 0 unspecified atom stereocenters. The van der Waals surface area contributed by atoms with Crippen molar-refractivity contribution < 1.29 is 0 Å². The Bertz CT molecular complexity index is 757. The number of aromatic nitrogens is 2. The average Bonchev–Trinajstić information content (AvgIpc) is 2.57. The molecule has 3 rings (SSSR count). The summed E-state index contributed by atoms with van der Waals surface area (Å²) in [5.41, 5.74) is 2.82. The molecular weight excluding hydrogens is 296 g/mol. The normalized spacial score (nSPS) is 10.3. The highest BCUT2D eigenvalue weighted by molar-refractivity contribution is 6.30. The number of halogens is 1. The minimum atomic E-state index is 0.567. The van der Waals surface area contributed by atoms with E-state index >= 15 is 0 Å². The van der Waals surface area contributed by atoms with Crippen molar-refractivity contribution in [2.75, 3.05) is 17.7 Å². The zero-order valence-electron chi connectivity index (χ0n) is 12.0. The van der Waals surface area contributed by atoms with E-state index < -0.39 is 0 Å². The number of nitrogens with zero attached hydrogens (tertiary/aromatic N) is 2. The van der Waals surface area contributed by atoms with E-state index in [-0.39, 0.29) is 0 Å². The number of nitrogens with one attached hydrogen (secondary N) is 2. The molecule has 1 heterocycles. The van der Waals surface area contributed by atoms with Crippen LogP contribution in [0, 0.1) is 0 Å². The number of anilines is 3. The summed E-state index contributed by atoms with van der Waals surface area (Å²) in [5, 5.41) is 6.96. The van der Waals surface area contributed by atoms with Crippen LogP contribution in [0.5, 0.6) is 0 Å². The second-order valence-corrected chi connectivity index (χ2v) is 5.15. The van der Waals surface area contributed by atoms with E-state index in [0.29, 0.717) is 11.0 Å². The van der Waals surface area contributed by atoms with Crippen LogP contribution in [0.25, 0.3) is 11.3 Å². The second-order valence-electron chi connectivity index (χ2n) is 4.71. The zero-order valence-corrected chi connectivity index (χ0v) is 12.8. The van der Waals surface area contributed by atoms with Gasteiger partial charge in [0.1, 0.15) is 5.82 Å². The lowest BCUT2D eigenvalue weighted by Crippen LogP contribution is -2.02. The molecule has 0 spiro atoms. The number of hydrogen-bond donors (Lipinski definition) is 2. The quantitative estimate of drug-likeness (QED) is 0.740. The van der Waals surface area contributed by atoms with Gasteiger partial charge in [-0.25, -0.2) is 4.98 Å². The van der Waals surface area contributed by atoms with Crippen LogP contribution in [-0.4, -0.2) is 17.0 Å². The smallest absolute Gasteiger partial charge is 0.224 e. The standard InChI is InChI=1S/C17H15ClN4/c1-19-17-21-15(12-5-3-2-4-6-12)11-16(22-17)20-14-9-7-13(18)8-10-14/h2-11H,1H3,(H2,19,20,21,22). The molecule has 0 amide bonds. The maximum Gasteiger partial charge on any atom is 0.224 e. The molecule has 0 radical (unpaired) electrons. The minimum Gasteiger partial charge on any atom is -0.357 e. The van der Waals surface area contributed by atoms with Crippen LogP contribution >= 0.6 is 11.6 Å². The van der Waals surface area contributed by atoms with Gasteiger partial charge in [0.2, 0.25) is 5.95 Å². The summed E-state index contributed by atoms with van der Waals surface area (Å²) in [4.78, 5) is 8.92. The first-order chi connectivity index (χ1) is 10.7. The Morgan fingerprint density at radius 2 is 1.64 bits per heavy atom. The van der Waals surface area contributed by atoms with Crippen LogP contribution in [-0.2, 0) is 0 Å². The fraction of sp³-hybridized carbons (Fsp3) is 0.0588. The Hall–Kier alpha value is -2.59. The van der Waals surface area contributed by atoms with Crippen LogP contribution in [0.15, 0.2) is 60.7 Å². The van der Waals surface area contributed by atoms with Gasteiger partial charge in [-0.3, -0.25) is 0 Å². The Kier molecular flexibility index (Phi) is 4.21. The van der Waals surface area contributed by atoms with E-state index in [4.69, 9.17) is 11.6 Å². The molecule has 2 N–H and O–H groups in total. The SMILES string of the molecule is CNc1nc(Nc2ccc(Cl)cc2)cc(-c2ccccc2)n1. The molecule has 0 aliphatic heterocycles. The van der Waals surface area contributed by atoms with Crippen molar-refractivity contribution in [1.29, 1.82) is 0 Å². The third-order valence-electron chi connectivity index (χ3n) is 3.14. The van der Waals surface area contributed by atoms with Gasteiger partial charge in [-0.1, -0.05) is 41.9 Å². The van der Waals surface area contributed by atoms with Gasteiger partial charge in [-0.15, -0.1) is 0 Å². The van der Waals surface area contributed by atoms with Gasteiger partial charge in [0.05, 0.1) is 5.69 Å². The first-order valence-corrected chi connectivity index (χ1v) is 7.27. The maximum atomic E-state index is 5.90. The van der Waals surface area contributed by atoms with Gasteiger partial charge in [0, 0.05) is 29.4 Å². The molecular formula is C17H15ClN4. The first-order valence-electron chi connectivity index (χ1n) is 6.89. The van der Waals surface area contributed by atoms with Gasteiger partial charge in [-0.2, -0.15) is 4.98 Å². The van der Waals surface area contributed by atoms with Crippen LogP contribution < -0.4 is 10.6 Å². The summed E-state index contributed by atoms with van der Waals surface area (Å²) >= 11 is 5.90. The molecule has 0 fully saturated rings. The summed E-state index contributed by atoms with van der Waals surface area (Å²) < 4.78 is 0. The molecule has 4 nitrogen and oxygen atoms in total. The summed E-state index contributed by atoms with van der Waals surface area (Å²) in [7, 11) is 1.80. The summed E-state index contributed by atoms with van der Waals surface area (Å²) in [6.45, 7) is 0. The lowest BCUT2D eigenvalue weighted by molar-refractivity contribution is 1.15. The van der Waals surface area contributed by atoms with Crippen molar-refractivity contribution in [1.82, 2.24) is 9.97 Å². The summed E-state index contributed by atoms with van der Waals surface area (Å²) in [6.07, 6.45) is 0. The monoisotopic (exact) mass is 310 g/mol. The van der Waals surface area contributed by atoms with Crippen LogP contribution in [0.4, 0.5) is 17.5 Å². The summed E-state index contributed by atoms with van der Waals surface area (Å²) in [6, 6.07) is 19.4. The molecule has 5 heteroatoms. The third kappa shape index (κ3) is 3.35. The maximum absolute atomic E-state index is 5.90.